The number of carbonyl (C=O) groups excluding carboxylic acids is 1. The van der Waals surface area contributed by atoms with E-state index in [-0.39, 0.29) is 21.5 Å². The van der Waals surface area contributed by atoms with Crippen molar-refractivity contribution in [1.82, 2.24) is 4.90 Å². The summed E-state index contributed by atoms with van der Waals surface area (Å²) in [4.78, 5) is 15.3. The number of anilines is 1. The Kier molecular flexibility index (Phi) is 6.25. The van der Waals surface area contributed by atoms with Crippen molar-refractivity contribution in [3.05, 3.63) is 52.0 Å². The van der Waals surface area contributed by atoms with Crippen molar-refractivity contribution >= 4 is 56.6 Å². The molecule has 3 rings (SSSR count). The summed E-state index contributed by atoms with van der Waals surface area (Å²) in [5, 5.41) is 0.594. The molecule has 1 fully saturated rings. The largest absolute Gasteiger partial charge is 0.339 e. The molecule has 0 atom stereocenters. The molecule has 9 heteroatoms. The minimum Gasteiger partial charge on any atom is -0.339 e. The van der Waals surface area contributed by atoms with Crippen molar-refractivity contribution in [2.75, 3.05) is 24.1 Å². The zero-order chi connectivity index (χ0) is 19.6. The zero-order valence-electron chi connectivity index (χ0n) is 14.5. The molecule has 2 aromatic carbocycles. The fourth-order valence-electron chi connectivity index (χ4n) is 2.89. The van der Waals surface area contributed by atoms with Crippen molar-refractivity contribution in [2.24, 2.45) is 0 Å². The highest BCUT2D eigenvalue weighted by molar-refractivity contribution is 7.98. The van der Waals surface area contributed by atoms with Crippen LogP contribution < -0.4 is 4.72 Å². The molecule has 1 N–H and O–H groups in total. The quantitative estimate of drug-likeness (QED) is 0.675. The number of carbonyl (C=O) groups is 1. The molecule has 0 radical (unpaired) electrons. The van der Waals surface area contributed by atoms with Gasteiger partial charge in [0.25, 0.3) is 15.9 Å². The van der Waals surface area contributed by atoms with E-state index in [4.69, 9.17) is 23.2 Å². The van der Waals surface area contributed by atoms with Crippen LogP contribution in [0.1, 0.15) is 23.2 Å². The molecule has 5 nitrogen and oxygen atoms in total. The predicted octanol–water partition coefficient (Wildman–Crippen LogP) is 4.75. The number of benzene rings is 2. The van der Waals surface area contributed by atoms with E-state index in [9.17, 15) is 13.2 Å². The van der Waals surface area contributed by atoms with Gasteiger partial charge in [0.05, 0.1) is 21.2 Å². The second-order valence-electron chi connectivity index (χ2n) is 6.09. The number of sulfonamides is 1. The Labute approximate surface area is 173 Å². The van der Waals surface area contributed by atoms with E-state index in [0.29, 0.717) is 23.7 Å². The highest BCUT2D eigenvalue weighted by atomic mass is 35.5. The molecule has 1 aliphatic heterocycles. The number of nitrogens with zero attached hydrogens (tertiary/aromatic N) is 1. The van der Waals surface area contributed by atoms with Gasteiger partial charge in [-0.1, -0.05) is 23.2 Å². The summed E-state index contributed by atoms with van der Waals surface area (Å²) >= 11 is 13.4. The third kappa shape index (κ3) is 4.54. The van der Waals surface area contributed by atoms with Gasteiger partial charge in [-0.2, -0.15) is 0 Å². The second kappa shape index (κ2) is 8.31. The third-order valence-corrected chi connectivity index (χ3v) is 7.00. The van der Waals surface area contributed by atoms with Crippen molar-refractivity contribution in [3.63, 3.8) is 0 Å². The monoisotopic (exact) mass is 444 g/mol. The van der Waals surface area contributed by atoms with Gasteiger partial charge in [0.2, 0.25) is 0 Å². The molecular formula is C18H18Cl2N2O3S2. The highest BCUT2D eigenvalue weighted by Crippen LogP contribution is 2.30. The van der Waals surface area contributed by atoms with Gasteiger partial charge in [0.1, 0.15) is 0 Å². The van der Waals surface area contributed by atoms with E-state index < -0.39 is 10.0 Å². The number of nitrogens with one attached hydrogen (secondary N) is 1. The lowest BCUT2D eigenvalue weighted by Gasteiger charge is -2.18. The number of rotatable bonds is 5. The van der Waals surface area contributed by atoms with Crippen LogP contribution in [0.5, 0.6) is 0 Å². The summed E-state index contributed by atoms with van der Waals surface area (Å²) in [5.74, 6) is -0.144. The molecule has 0 aliphatic carbocycles. The van der Waals surface area contributed by atoms with Crippen LogP contribution in [-0.4, -0.2) is 38.6 Å². The van der Waals surface area contributed by atoms with Crippen LogP contribution >= 0.6 is 35.0 Å². The minimum atomic E-state index is -3.93. The molecule has 1 amide bonds. The van der Waals surface area contributed by atoms with Gasteiger partial charge in [-0.25, -0.2) is 8.42 Å². The molecule has 144 valence electrons. The maximum absolute atomic E-state index is 12.8. The smallest absolute Gasteiger partial charge is 0.261 e. The number of amides is 1. The van der Waals surface area contributed by atoms with E-state index in [0.717, 1.165) is 17.7 Å². The van der Waals surface area contributed by atoms with Crippen LogP contribution in [0.15, 0.2) is 46.2 Å². The van der Waals surface area contributed by atoms with Crippen LogP contribution in [0.25, 0.3) is 0 Å². The summed E-state index contributed by atoms with van der Waals surface area (Å²) in [6.07, 6.45) is 3.79. The first-order valence-corrected chi connectivity index (χ1v) is 11.7. The second-order valence-corrected chi connectivity index (χ2v) is 9.47. The Bertz CT molecular complexity index is 975. The van der Waals surface area contributed by atoms with Crippen LogP contribution in [0, 0.1) is 0 Å². The molecule has 1 saturated heterocycles. The zero-order valence-corrected chi connectivity index (χ0v) is 17.7. The van der Waals surface area contributed by atoms with Gasteiger partial charge in [0.15, 0.2) is 0 Å². The molecule has 1 aliphatic rings. The molecule has 0 bridgehead atoms. The maximum atomic E-state index is 12.8. The summed E-state index contributed by atoms with van der Waals surface area (Å²) in [6, 6.07) is 9.08. The van der Waals surface area contributed by atoms with Crippen molar-refractivity contribution in [3.8, 4) is 0 Å². The first-order valence-electron chi connectivity index (χ1n) is 8.27. The van der Waals surface area contributed by atoms with Crippen LogP contribution in [0.3, 0.4) is 0 Å². The lowest BCUT2D eigenvalue weighted by molar-refractivity contribution is 0.0789. The SMILES string of the molecule is CSc1ccc(S(=O)(=O)Nc2cc(Cl)ccc2Cl)cc1C(=O)N1CCCC1. The average molecular weight is 445 g/mol. The van der Waals surface area contributed by atoms with E-state index in [1.807, 2.05) is 6.26 Å². The fraction of sp³-hybridized carbons (Fsp3) is 0.278. The topological polar surface area (TPSA) is 66.5 Å². The van der Waals surface area contributed by atoms with E-state index in [1.54, 1.807) is 17.0 Å². The number of hydrogen-bond acceptors (Lipinski definition) is 4. The van der Waals surface area contributed by atoms with Crippen LogP contribution in [0.2, 0.25) is 10.0 Å². The van der Waals surface area contributed by atoms with E-state index in [1.165, 1.54) is 36.0 Å². The van der Waals surface area contributed by atoms with E-state index >= 15 is 0 Å². The highest BCUT2D eigenvalue weighted by Gasteiger charge is 2.25. The number of hydrogen-bond donors (Lipinski definition) is 1. The number of likely N-dealkylation sites (tertiary alicyclic amines) is 1. The molecule has 0 saturated carbocycles. The molecule has 0 spiro atoms. The Morgan fingerprint density at radius 2 is 1.81 bits per heavy atom. The normalized spacial score (nSPS) is 14.4. The third-order valence-electron chi connectivity index (χ3n) is 4.28. The molecule has 1 heterocycles. The number of halogens is 2. The van der Waals surface area contributed by atoms with Crippen LogP contribution in [0.4, 0.5) is 5.69 Å². The average Bonchev–Trinajstić information content (AvgIpc) is 3.18. The van der Waals surface area contributed by atoms with Crippen molar-refractivity contribution < 1.29 is 13.2 Å². The van der Waals surface area contributed by atoms with Gasteiger partial charge in [-0.3, -0.25) is 9.52 Å². The van der Waals surface area contributed by atoms with Gasteiger partial charge in [-0.05, 0) is 55.5 Å². The van der Waals surface area contributed by atoms with Gasteiger partial charge < -0.3 is 4.90 Å². The summed E-state index contributed by atoms with van der Waals surface area (Å²) in [7, 11) is -3.93. The van der Waals surface area contributed by atoms with Gasteiger partial charge >= 0.3 is 0 Å². The first-order chi connectivity index (χ1) is 12.8. The fourth-order valence-corrected chi connectivity index (χ4v) is 4.95. The summed E-state index contributed by atoms with van der Waals surface area (Å²) < 4.78 is 28.1. The summed E-state index contributed by atoms with van der Waals surface area (Å²) in [6.45, 7) is 1.39. The molecule has 0 unspecified atom stereocenters. The lowest BCUT2D eigenvalue weighted by atomic mass is 10.2. The molecule has 2 aromatic rings. The van der Waals surface area contributed by atoms with Crippen molar-refractivity contribution in [1.29, 1.82) is 0 Å². The molecule has 0 aromatic heterocycles. The Hall–Kier alpha value is -1.41. The Balaban J connectivity index is 1.96. The van der Waals surface area contributed by atoms with Gasteiger partial charge in [-0.15, -0.1) is 11.8 Å². The standard InChI is InChI=1S/C18H18Cl2N2O3S2/c1-26-17-7-5-13(11-14(17)18(23)22-8-2-3-9-22)27(24,25)21-16-10-12(19)4-6-15(16)20/h4-7,10-11,21H,2-3,8-9H2,1H3. The van der Waals surface area contributed by atoms with Crippen LogP contribution in [-0.2, 0) is 10.0 Å². The lowest BCUT2D eigenvalue weighted by Crippen LogP contribution is -2.28. The Morgan fingerprint density at radius 3 is 2.48 bits per heavy atom. The number of thioether (sulfide) groups is 1. The Morgan fingerprint density at radius 1 is 1.11 bits per heavy atom. The molecule has 27 heavy (non-hydrogen) atoms. The summed E-state index contributed by atoms with van der Waals surface area (Å²) in [5.41, 5.74) is 0.579. The first kappa shape index (κ1) is 20.3. The van der Waals surface area contributed by atoms with Gasteiger partial charge in [0, 0.05) is 23.0 Å². The molecular weight excluding hydrogens is 427 g/mol. The predicted molar refractivity (Wildman–Crippen MR) is 111 cm³/mol. The minimum absolute atomic E-state index is 0.00103. The maximum Gasteiger partial charge on any atom is 0.261 e. The van der Waals surface area contributed by atoms with Crippen molar-refractivity contribution in [2.45, 2.75) is 22.6 Å². The van der Waals surface area contributed by atoms with E-state index in [2.05, 4.69) is 4.72 Å².